The lowest BCUT2D eigenvalue weighted by atomic mass is 9.96. The monoisotopic (exact) mass is 195 g/mol. The summed E-state index contributed by atoms with van der Waals surface area (Å²) in [7, 11) is 0. The predicted molar refractivity (Wildman–Crippen MR) is 54.0 cm³/mol. The lowest BCUT2D eigenvalue weighted by Crippen LogP contribution is -2.37. The van der Waals surface area contributed by atoms with Crippen LogP contribution in [-0.4, -0.2) is 37.5 Å². The van der Waals surface area contributed by atoms with E-state index >= 15 is 0 Å². The lowest BCUT2D eigenvalue weighted by molar-refractivity contribution is -0.105. The van der Waals surface area contributed by atoms with Crippen LogP contribution in [0.4, 0.5) is 0 Å². The molecule has 0 unspecified atom stereocenters. The second-order valence-electron chi connectivity index (χ2n) is 3.90. The quantitative estimate of drug-likeness (QED) is 0.623. The third kappa shape index (κ3) is 1.98. The van der Waals surface area contributed by atoms with E-state index in [1.807, 2.05) is 0 Å². The molecule has 2 aliphatic rings. The molecule has 0 aromatic carbocycles. The summed E-state index contributed by atoms with van der Waals surface area (Å²) in [5, 5.41) is 0. The summed E-state index contributed by atoms with van der Waals surface area (Å²) in [5.74, 6) is 0. The maximum atomic E-state index is 10.9. The fourth-order valence-electron chi connectivity index (χ4n) is 2.23. The van der Waals surface area contributed by atoms with Crippen LogP contribution in [-0.2, 0) is 9.53 Å². The average molecular weight is 195 g/mol. The SMILES string of the molecule is O=CC1=C(N2CCOCC2)CCCC1. The Morgan fingerprint density at radius 3 is 2.57 bits per heavy atom. The molecule has 0 amide bonds. The zero-order chi connectivity index (χ0) is 9.80. The molecule has 1 aliphatic carbocycles. The van der Waals surface area contributed by atoms with Crippen molar-refractivity contribution in [3.05, 3.63) is 11.3 Å². The Kier molecular flexibility index (Phi) is 3.19. The van der Waals surface area contributed by atoms with Gasteiger partial charge < -0.3 is 9.64 Å². The highest BCUT2D eigenvalue weighted by molar-refractivity contribution is 5.74. The number of ether oxygens (including phenoxy) is 1. The standard InChI is InChI=1S/C11H17NO2/c13-9-10-3-1-2-4-11(10)12-5-7-14-8-6-12/h9H,1-8H2. The second kappa shape index (κ2) is 4.60. The number of morpholine rings is 1. The van der Waals surface area contributed by atoms with Crippen LogP contribution in [0, 0.1) is 0 Å². The largest absolute Gasteiger partial charge is 0.378 e. The molecule has 0 N–H and O–H groups in total. The van der Waals surface area contributed by atoms with Crippen molar-refractivity contribution in [3.8, 4) is 0 Å². The summed E-state index contributed by atoms with van der Waals surface area (Å²) in [4.78, 5) is 13.2. The topological polar surface area (TPSA) is 29.5 Å². The Labute approximate surface area is 84.7 Å². The Hall–Kier alpha value is -0.830. The molecule has 3 nitrogen and oxygen atoms in total. The van der Waals surface area contributed by atoms with E-state index in [0.717, 1.165) is 51.0 Å². The van der Waals surface area contributed by atoms with Gasteiger partial charge >= 0.3 is 0 Å². The van der Waals surface area contributed by atoms with E-state index < -0.39 is 0 Å². The van der Waals surface area contributed by atoms with Gasteiger partial charge in [0.25, 0.3) is 0 Å². The van der Waals surface area contributed by atoms with Crippen molar-refractivity contribution in [2.24, 2.45) is 0 Å². The smallest absolute Gasteiger partial charge is 0.147 e. The van der Waals surface area contributed by atoms with E-state index in [4.69, 9.17) is 4.74 Å². The molecule has 1 fully saturated rings. The van der Waals surface area contributed by atoms with Gasteiger partial charge in [0.05, 0.1) is 13.2 Å². The van der Waals surface area contributed by atoms with Gasteiger partial charge in [-0.25, -0.2) is 0 Å². The summed E-state index contributed by atoms with van der Waals surface area (Å²) in [6.07, 6.45) is 5.49. The van der Waals surface area contributed by atoms with Crippen LogP contribution in [0.1, 0.15) is 25.7 Å². The summed E-state index contributed by atoms with van der Waals surface area (Å²) < 4.78 is 5.31. The molecule has 2 rings (SSSR count). The van der Waals surface area contributed by atoms with Crippen molar-refractivity contribution in [1.29, 1.82) is 0 Å². The minimum atomic E-state index is 0.801. The van der Waals surface area contributed by atoms with Crippen molar-refractivity contribution >= 4 is 6.29 Å². The fraction of sp³-hybridized carbons (Fsp3) is 0.727. The molecule has 3 heteroatoms. The van der Waals surface area contributed by atoms with Crippen molar-refractivity contribution in [3.63, 3.8) is 0 Å². The molecule has 0 aromatic heterocycles. The predicted octanol–water partition coefficient (Wildman–Crippen LogP) is 1.35. The number of hydrogen-bond donors (Lipinski definition) is 0. The molecule has 0 atom stereocenters. The highest BCUT2D eigenvalue weighted by atomic mass is 16.5. The first-order valence-electron chi connectivity index (χ1n) is 5.41. The molecule has 1 aliphatic heterocycles. The maximum Gasteiger partial charge on any atom is 0.147 e. The highest BCUT2D eigenvalue weighted by Crippen LogP contribution is 2.26. The van der Waals surface area contributed by atoms with Crippen molar-refractivity contribution < 1.29 is 9.53 Å². The zero-order valence-electron chi connectivity index (χ0n) is 8.50. The van der Waals surface area contributed by atoms with E-state index in [1.165, 1.54) is 18.5 Å². The maximum absolute atomic E-state index is 10.9. The van der Waals surface area contributed by atoms with Crippen LogP contribution in [0.25, 0.3) is 0 Å². The molecule has 78 valence electrons. The van der Waals surface area contributed by atoms with Crippen molar-refractivity contribution in [2.45, 2.75) is 25.7 Å². The van der Waals surface area contributed by atoms with E-state index in [9.17, 15) is 4.79 Å². The minimum absolute atomic E-state index is 0.801. The molecule has 0 aromatic rings. The first-order chi connectivity index (χ1) is 6.92. The van der Waals surface area contributed by atoms with Crippen molar-refractivity contribution in [1.82, 2.24) is 4.90 Å². The van der Waals surface area contributed by atoms with Gasteiger partial charge in [-0.1, -0.05) is 0 Å². The third-order valence-corrected chi connectivity index (χ3v) is 3.02. The summed E-state index contributed by atoms with van der Waals surface area (Å²) in [6.45, 7) is 3.50. The van der Waals surface area contributed by atoms with Gasteiger partial charge in [-0.15, -0.1) is 0 Å². The second-order valence-corrected chi connectivity index (χ2v) is 3.90. The molecule has 14 heavy (non-hydrogen) atoms. The van der Waals surface area contributed by atoms with Gasteiger partial charge in [-0.2, -0.15) is 0 Å². The van der Waals surface area contributed by atoms with E-state index in [2.05, 4.69) is 4.90 Å². The Balaban J connectivity index is 2.11. The van der Waals surface area contributed by atoms with Crippen molar-refractivity contribution in [2.75, 3.05) is 26.3 Å². The number of allylic oxidation sites excluding steroid dienone is 2. The van der Waals surface area contributed by atoms with Gasteiger partial charge in [-0.05, 0) is 25.7 Å². The number of rotatable bonds is 2. The zero-order valence-corrected chi connectivity index (χ0v) is 8.50. The molecule has 1 saturated heterocycles. The molecule has 0 saturated carbocycles. The summed E-state index contributed by atoms with van der Waals surface area (Å²) in [5.41, 5.74) is 2.31. The highest BCUT2D eigenvalue weighted by Gasteiger charge is 2.19. The Morgan fingerprint density at radius 1 is 1.14 bits per heavy atom. The molecule has 0 spiro atoms. The number of nitrogens with zero attached hydrogens (tertiary/aromatic N) is 1. The number of carbonyl (C=O) groups is 1. The normalized spacial score (nSPS) is 23.9. The lowest BCUT2D eigenvalue weighted by Gasteiger charge is -2.33. The fourth-order valence-corrected chi connectivity index (χ4v) is 2.23. The van der Waals surface area contributed by atoms with Gasteiger partial charge in [0.2, 0.25) is 0 Å². The van der Waals surface area contributed by atoms with Crippen LogP contribution in [0.2, 0.25) is 0 Å². The van der Waals surface area contributed by atoms with E-state index in [0.29, 0.717) is 0 Å². The van der Waals surface area contributed by atoms with E-state index in [-0.39, 0.29) is 0 Å². The van der Waals surface area contributed by atoms with Gasteiger partial charge in [0.15, 0.2) is 0 Å². The van der Waals surface area contributed by atoms with Crippen LogP contribution < -0.4 is 0 Å². The molecule has 0 radical (unpaired) electrons. The summed E-state index contributed by atoms with van der Waals surface area (Å²) in [6, 6.07) is 0. The first kappa shape index (κ1) is 9.71. The van der Waals surface area contributed by atoms with Crippen LogP contribution in [0.3, 0.4) is 0 Å². The van der Waals surface area contributed by atoms with Crippen LogP contribution in [0.15, 0.2) is 11.3 Å². The number of carbonyl (C=O) groups excluding carboxylic acids is 1. The Morgan fingerprint density at radius 2 is 1.86 bits per heavy atom. The average Bonchev–Trinajstić information content (AvgIpc) is 2.30. The first-order valence-corrected chi connectivity index (χ1v) is 5.41. The number of aldehydes is 1. The molecule has 0 bridgehead atoms. The molecular weight excluding hydrogens is 178 g/mol. The third-order valence-electron chi connectivity index (χ3n) is 3.02. The van der Waals surface area contributed by atoms with Crippen LogP contribution in [0.5, 0.6) is 0 Å². The van der Waals surface area contributed by atoms with Gasteiger partial charge in [-0.3, -0.25) is 4.79 Å². The summed E-state index contributed by atoms with van der Waals surface area (Å²) >= 11 is 0. The van der Waals surface area contributed by atoms with E-state index in [1.54, 1.807) is 0 Å². The number of hydrogen-bond acceptors (Lipinski definition) is 3. The van der Waals surface area contributed by atoms with Gasteiger partial charge in [0.1, 0.15) is 6.29 Å². The van der Waals surface area contributed by atoms with Gasteiger partial charge in [0, 0.05) is 24.4 Å². The molecule has 1 heterocycles. The molecular formula is C11H17NO2. The Bertz CT molecular complexity index is 242. The van der Waals surface area contributed by atoms with Crippen LogP contribution >= 0.6 is 0 Å². The minimum Gasteiger partial charge on any atom is -0.378 e.